The number of rotatable bonds is 4. The van der Waals surface area contributed by atoms with Gasteiger partial charge in [-0.2, -0.15) is 0 Å². The van der Waals surface area contributed by atoms with Crippen LogP contribution in [0.1, 0.15) is 32.7 Å². The van der Waals surface area contributed by atoms with Crippen LogP contribution in [0.5, 0.6) is 5.75 Å². The maximum atomic E-state index is 12.1. The fourth-order valence-electron chi connectivity index (χ4n) is 1.87. The summed E-state index contributed by atoms with van der Waals surface area (Å²) in [5.74, 6) is -0.993. The predicted octanol–water partition coefficient (Wildman–Crippen LogP) is 4.46. The topological polar surface area (TPSA) is 54.4 Å². The zero-order valence-corrected chi connectivity index (χ0v) is 12.7. The molecule has 0 fully saturated rings. The van der Waals surface area contributed by atoms with Gasteiger partial charge in [-0.1, -0.05) is 23.2 Å². The standard InChI is InChI=1S/C16H12Cl2O3/c1-9-6-15(20)12(7-13(9)18)16(21)8-14(19)10-2-4-11(17)5-3-10/h2-7,20H,8H2,1H3. The number of phenolic OH excluding ortho intramolecular Hbond substituents is 1. The van der Waals surface area contributed by atoms with Crippen LogP contribution in [0.4, 0.5) is 0 Å². The number of hydrogen-bond acceptors (Lipinski definition) is 3. The molecule has 0 aliphatic rings. The van der Waals surface area contributed by atoms with Crippen LogP contribution in [-0.4, -0.2) is 16.7 Å². The molecular weight excluding hydrogens is 311 g/mol. The Morgan fingerprint density at radius 1 is 1.05 bits per heavy atom. The molecule has 21 heavy (non-hydrogen) atoms. The van der Waals surface area contributed by atoms with E-state index in [0.29, 0.717) is 21.2 Å². The molecule has 5 heteroatoms. The minimum absolute atomic E-state index is 0.0490. The van der Waals surface area contributed by atoms with Crippen molar-refractivity contribution in [3.05, 3.63) is 63.1 Å². The molecule has 0 aliphatic carbocycles. The lowest BCUT2D eigenvalue weighted by atomic mass is 10.00. The molecule has 0 heterocycles. The maximum absolute atomic E-state index is 12.1. The Bertz CT molecular complexity index is 706. The van der Waals surface area contributed by atoms with Crippen LogP contribution in [0, 0.1) is 6.92 Å². The molecule has 0 bridgehead atoms. The SMILES string of the molecule is Cc1cc(O)c(C(=O)CC(=O)c2ccc(Cl)cc2)cc1Cl. The van der Waals surface area contributed by atoms with Crippen molar-refractivity contribution in [1.82, 2.24) is 0 Å². The lowest BCUT2D eigenvalue weighted by Crippen LogP contribution is -2.09. The van der Waals surface area contributed by atoms with Crippen LogP contribution in [0.25, 0.3) is 0 Å². The number of aromatic hydroxyl groups is 1. The van der Waals surface area contributed by atoms with Crippen LogP contribution in [0.2, 0.25) is 10.0 Å². The third kappa shape index (κ3) is 3.63. The molecule has 0 radical (unpaired) electrons. The second-order valence-electron chi connectivity index (χ2n) is 4.65. The van der Waals surface area contributed by atoms with E-state index in [1.54, 1.807) is 31.2 Å². The summed E-state index contributed by atoms with van der Waals surface area (Å²) in [6.07, 6.45) is -0.339. The smallest absolute Gasteiger partial charge is 0.174 e. The molecule has 2 aromatic rings. The van der Waals surface area contributed by atoms with Gasteiger partial charge in [0, 0.05) is 15.6 Å². The van der Waals surface area contributed by atoms with Gasteiger partial charge in [0.25, 0.3) is 0 Å². The van der Waals surface area contributed by atoms with Crippen LogP contribution in [-0.2, 0) is 0 Å². The van der Waals surface area contributed by atoms with Gasteiger partial charge in [0.05, 0.1) is 12.0 Å². The summed E-state index contributed by atoms with van der Waals surface area (Å²) in [4.78, 5) is 24.1. The molecular formula is C16H12Cl2O3. The largest absolute Gasteiger partial charge is 0.507 e. The van der Waals surface area contributed by atoms with Crippen molar-refractivity contribution < 1.29 is 14.7 Å². The van der Waals surface area contributed by atoms with E-state index in [9.17, 15) is 14.7 Å². The average molecular weight is 323 g/mol. The van der Waals surface area contributed by atoms with E-state index in [-0.39, 0.29) is 23.5 Å². The number of carbonyl (C=O) groups is 2. The minimum atomic E-state index is -0.477. The van der Waals surface area contributed by atoms with Crippen molar-refractivity contribution in [3.8, 4) is 5.75 Å². The molecule has 0 saturated heterocycles. The molecule has 0 aromatic heterocycles. The summed E-state index contributed by atoms with van der Waals surface area (Å²) < 4.78 is 0. The van der Waals surface area contributed by atoms with Gasteiger partial charge in [0.2, 0.25) is 0 Å². The summed E-state index contributed by atoms with van der Waals surface area (Å²) in [5, 5.41) is 10.7. The van der Waals surface area contributed by atoms with Crippen molar-refractivity contribution in [2.45, 2.75) is 13.3 Å². The summed E-state index contributed by atoms with van der Waals surface area (Å²) in [6, 6.07) is 9.06. The molecule has 1 N–H and O–H groups in total. The lowest BCUT2D eigenvalue weighted by Gasteiger charge is -2.06. The molecule has 0 saturated carbocycles. The molecule has 0 unspecified atom stereocenters. The van der Waals surface area contributed by atoms with E-state index in [1.165, 1.54) is 12.1 Å². The first-order valence-electron chi connectivity index (χ1n) is 6.19. The monoisotopic (exact) mass is 322 g/mol. The second kappa shape index (κ2) is 6.29. The van der Waals surface area contributed by atoms with E-state index < -0.39 is 5.78 Å². The Kier molecular flexibility index (Phi) is 4.66. The van der Waals surface area contributed by atoms with Crippen LogP contribution in [0.3, 0.4) is 0 Å². The van der Waals surface area contributed by atoms with E-state index in [0.717, 1.165) is 0 Å². The molecule has 0 spiro atoms. The first-order chi connectivity index (χ1) is 9.88. The van der Waals surface area contributed by atoms with Crippen molar-refractivity contribution in [1.29, 1.82) is 0 Å². The highest BCUT2D eigenvalue weighted by Crippen LogP contribution is 2.27. The molecule has 108 valence electrons. The quantitative estimate of drug-likeness (QED) is 0.667. The first kappa shape index (κ1) is 15.5. The number of halogens is 2. The van der Waals surface area contributed by atoms with E-state index in [4.69, 9.17) is 23.2 Å². The third-order valence-corrected chi connectivity index (χ3v) is 3.72. The number of ketones is 2. The van der Waals surface area contributed by atoms with Crippen molar-refractivity contribution >= 4 is 34.8 Å². The third-order valence-electron chi connectivity index (χ3n) is 3.06. The van der Waals surface area contributed by atoms with Gasteiger partial charge in [-0.15, -0.1) is 0 Å². The zero-order valence-electron chi connectivity index (χ0n) is 11.2. The summed E-state index contributed by atoms with van der Waals surface area (Å²) in [5.41, 5.74) is 1.10. The van der Waals surface area contributed by atoms with Crippen LogP contribution in [0.15, 0.2) is 36.4 Å². The fraction of sp³-hybridized carbons (Fsp3) is 0.125. The number of benzene rings is 2. The molecule has 0 aliphatic heterocycles. The Hall–Kier alpha value is -1.84. The van der Waals surface area contributed by atoms with Crippen LogP contribution < -0.4 is 0 Å². The number of aryl methyl sites for hydroxylation is 1. The Labute approximate surface area is 132 Å². The molecule has 0 atom stereocenters. The predicted molar refractivity (Wildman–Crippen MR) is 82.6 cm³/mol. The van der Waals surface area contributed by atoms with Gasteiger partial charge in [-0.05, 0) is 48.9 Å². The molecule has 2 rings (SSSR count). The number of carbonyl (C=O) groups excluding carboxylic acids is 2. The van der Waals surface area contributed by atoms with Gasteiger partial charge < -0.3 is 5.11 Å². The maximum Gasteiger partial charge on any atom is 0.174 e. The summed E-state index contributed by atoms with van der Waals surface area (Å²) in [6.45, 7) is 1.72. The van der Waals surface area contributed by atoms with Crippen molar-refractivity contribution in [3.63, 3.8) is 0 Å². The van der Waals surface area contributed by atoms with Crippen molar-refractivity contribution in [2.75, 3.05) is 0 Å². The lowest BCUT2D eigenvalue weighted by molar-refractivity contribution is 0.0893. The van der Waals surface area contributed by atoms with Gasteiger partial charge >= 0.3 is 0 Å². The highest BCUT2D eigenvalue weighted by atomic mass is 35.5. The van der Waals surface area contributed by atoms with Gasteiger partial charge in [0.15, 0.2) is 11.6 Å². The van der Waals surface area contributed by atoms with Gasteiger partial charge in [-0.3, -0.25) is 9.59 Å². The van der Waals surface area contributed by atoms with Gasteiger partial charge in [-0.25, -0.2) is 0 Å². The zero-order chi connectivity index (χ0) is 15.6. The summed E-state index contributed by atoms with van der Waals surface area (Å²) >= 11 is 11.7. The van der Waals surface area contributed by atoms with Crippen molar-refractivity contribution in [2.24, 2.45) is 0 Å². The highest BCUT2D eigenvalue weighted by Gasteiger charge is 2.18. The minimum Gasteiger partial charge on any atom is -0.507 e. The Morgan fingerprint density at radius 2 is 1.67 bits per heavy atom. The molecule has 0 amide bonds. The molecule has 2 aromatic carbocycles. The van der Waals surface area contributed by atoms with E-state index in [2.05, 4.69) is 0 Å². The Balaban J connectivity index is 2.20. The van der Waals surface area contributed by atoms with E-state index in [1.807, 2.05) is 0 Å². The number of hydrogen-bond donors (Lipinski definition) is 1. The fourth-order valence-corrected chi connectivity index (χ4v) is 2.16. The summed E-state index contributed by atoms with van der Waals surface area (Å²) in [7, 11) is 0. The van der Waals surface area contributed by atoms with Gasteiger partial charge in [0.1, 0.15) is 5.75 Å². The normalized spacial score (nSPS) is 10.4. The van der Waals surface area contributed by atoms with E-state index >= 15 is 0 Å². The average Bonchev–Trinajstić information content (AvgIpc) is 2.43. The Morgan fingerprint density at radius 3 is 2.29 bits per heavy atom. The number of Topliss-reactive ketones (excluding diaryl/α,β-unsaturated/α-hetero) is 2. The molecule has 3 nitrogen and oxygen atoms in total. The highest BCUT2D eigenvalue weighted by molar-refractivity contribution is 6.32. The number of phenols is 1. The second-order valence-corrected chi connectivity index (χ2v) is 5.49. The van der Waals surface area contributed by atoms with Crippen LogP contribution >= 0.6 is 23.2 Å². The first-order valence-corrected chi connectivity index (χ1v) is 6.95.